The van der Waals surface area contributed by atoms with E-state index in [2.05, 4.69) is 5.32 Å². The number of carbonyl (C=O) groups is 1. The molecule has 4 nitrogen and oxygen atoms in total. The minimum atomic E-state index is -0.371. The van der Waals surface area contributed by atoms with E-state index < -0.39 is 0 Å². The van der Waals surface area contributed by atoms with Crippen LogP contribution in [0.5, 0.6) is 5.75 Å². The third-order valence-electron chi connectivity index (χ3n) is 3.12. The van der Waals surface area contributed by atoms with Crippen LogP contribution in [0.15, 0.2) is 42.5 Å². The number of nitrogens with one attached hydrogen (secondary N) is 1. The van der Waals surface area contributed by atoms with Gasteiger partial charge in [-0.15, -0.1) is 0 Å². The maximum absolute atomic E-state index is 13.8. The third kappa shape index (κ3) is 3.79. The van der Waals surface area contributed by atoms with Gasteiger partial charge in [-0.05, 0) is 29.8 Å². The molecule has 0 aliphatic rings. The van der Waals surface area contributed by atoms with E-state index in [0.29, 0.717) is 16.9 Å². The van der Waals surface area contributed by atoms with Crippen molar-refractivity contribution < 1.29 is 13.9 Å². The van der Waals surface area contributed by atoms with Crippen molar-refractivity contribution in [3.05, 3.63) is 65.0 Å². The molecule has 0 aliphatic heterocycles. The lowest BCUT2D eigenvalue weighted by Crippen LogP contribution is -2.23. The predicted octanol–water partition coefficient (Wildman–Crippen LogP) is 2.22. The molecule has 5 heteroatoms. The van der Waals surface area contributed by atoms with Gasteiger partial charge in [-0.3, -0.25) is 4.79 Å². The summed E-state index contributed by atoms with van der Waals surface area (Å²) in [7, 11) is 1.53. The van der Waals surface area contributed by atoms with Crippen molar-refractivity contribution in [1.29, 1.82) is 0 Å². The highest BCUT2D eigenvalue weighted by Crippen LogP contribution is 2.13. The van der Waals surface area contributed by atoms with Gasteiger partial charge in [-0.1, -0.05) is 18.2 Å². The Morgan fingerprint density at radius 2 is 2.10 bits per heavy atom. The second-order valence-corrected chi connectivity index (χ2v) is 4.54. The maximum atomic E-state index is 13.8. The number of ether oxygens (including phenoxy) is 1. The first kappa shape index (κ1) is 15.0. The lowest BCUT2D eigenvalue weighted by Gasteiger charge is -2.08. The molecule has 0 atom stereocenters. The van der Waals surface area contributed by atoms with Gasteiger partial charge in [0.15, 0.2) is 0 Å². The smallest absolute Gasteiger partial charge is 0.251 e. The van der Waals surface area contributed by atoms with E-state index in [9.17, 15) is 9.18 Å². The summed E-state index contributed by atoms with van der Waals surface area (Å²) < 4.78 is 18.8. The van der Waals surface area contributed by atoms with Gasteiger partial charge < -0.3 is 15.8 Å². The summed E-state index contributed by atoms with van der Waals surface area (Å²) in [5.41, 5.74) is 7.05. The van der Waals surface area contributed by atoms with E-state index in [1.807, 2.05) is 0 Å². The van der Waals surface area contributed by atoms with Crippen LogP contribution in [0, 0.1) is 5.82 Å². The molecule has 2 aromatic rings. The molecular formula is C16H17FN2O2. The first-order chi connectivity index (χ1) is 10.1. The summed E-state index contributed by atoms with van der Waals surface area (Å²) >= 11 is 0. The second-order valence-electron chi connectivity index (χ2n) is 4.54. The second kappa shape index (κ2) is 6.85. The Hall–Kier alpha value is -2.40. The van der Waals surface area contributed by atoms with Gasteiger partial charge in [0.05, 0.1) is 7.11 Å². The van der Waals surface area contributed by atoms with Crippen LogP contribution in [0.3, 0.4) is 0 Å². The fourth-order valence-corrected chi connectivity index (χ4v) is 1.90. The number of hydrogen-bond donors (Lipinski definition) is 2. The molecule has 0 spiro atoms. The molecule has 110 valence electrons. The summed E-state index contributed by atoms with van der Waals surface area (Å²) in [6.07, 6.45) is 0. The first-order valence-electron chi connectivity index (χ1n) is 6.53. The van der Waals surface area contributed by atoms with Crippen LogP contribution < -0.4 is 15.8 Å². The molecule has 0 aromatic heterocycles. The number of carbonyl (C=O) groups excluding carboxylic acids is 1. The predicted molar refractivity (Wildman–Crippen MR) is 78.5 cm³/mol. The molecular weight excluding hydrogens is 271 g/mol. The van der Waals surface area contributed by atoms with Crippen LogP contribution in [0.25, 0.3) is 0 Å². The fraction of sp³-hybridized carbons (Fsp3) is 0.188. The topological polar surface area (TPSA) is 64.3 Å². The Kier molecular flexibility index (Phi) is 4.90. The van der Waals surface area contributed by atoms with Crippen molar-refractivity contribution in [2.75, 3.05) is 7.11 Å². The Labute approximate surface area is 122 Å². The molecule has 2 rings (SSSR count). The van der Waals surface area contributed by atoms with Crippen LogP contribution in [0.1, 0.15) is 21.5 Å². The lowest BCUT2D eigenvalue weighted by molar-refractivity contribution is 0.0950. The molecule has 0 radical (unpaired) electrons. The first-order valence-corrected chi connectivity index (χ1v) is 6.53. The van der Waals surface area contributed by atoms with Crippen molar-refractivity contribution in [2.24, 2.45) is 5.73 Å². The van der Waals surface area contributed by atoms with Crippen molar-refractivity contribution >= 4 is 5.91 Å². The average molecular weight is 288 g/mol. The van der Waals surface area contributed by atoms with E-state index in [0.717, 1.165) is 5.56 Å². The van der Waals surface area contributed by atoms with Crippen molar-refractivity contribution in [1.82, 2.24) is 5.32 Å². The minimum Gasteiger partial charge on any atom is -0.497 e. The van der Waals surface area contributed by atoms with E-state index in [1.54, 1.807) is 36.4 Å². The molecule has 0 heterocycles. The van der Waals surface area contributed by atoms with E-state index in [1.165, 1.54) is 13.2 Å². The fourth-order valence-electron chi connectivity index (χ4n) is 1.90. The number of benzene rings is 2. The van der Waals surface area contributed by atoms with Crippen LogP contribution in [0.2, 0.25) is 0 Å². The number of hydrogen-bond acceptors (Lipinski definition) is 3. The van der Waals surface area contributed by atoms with E-state index >= 15 is 0 Å². The van der Waals surface area contributed by atoms with Gasteiger partial charge in [0.25, 0.3) is 5.91 Å². The van der Waals surface area contributed by atoms with Crippen molar-refractivity contribution in [3.63, 3.8) is 0 Å². The van der Waals surface area contributed by atoms with Gasteiger partial charge in [-0.25, -0.2) is 4.39 Å². The molecule has 2 aromatic carbocycles. The Balaban J connectivity index is 2.03. The Morgan fingerprint density at radius 1 is 1.29 bits per heavy atom. The molecule has 1 amide bonds. The molecule has 21 heavy (non-hydrogen) atoms. The monoisotopic (exact) mass is 288 g/mol. The molecule has 3 N–H and O–H groups in total. The molecule has 0 saturated heterocycles. The van der Waals surface area contributed by atoms with Crippen LogP contribution >= 0.6 is 0 Å². The zero-order valence-electron chi connectivity index (χ0n) is 11.7. The number of rotatable bonds is 5. The van der Waals surface area contributed by atoms with Crippen LogP contribution in [0.4, 0.5) is 4.39 Å². The van der Waals surface area contributed by atoms with Gasteiger partial charge in [0.1, 0.15) is 11.6 Å². The summed E-state index contributed by atoms with van der Waals surface area (Å²) in [5.74, 6) is -0.0544. The van der Waals surface area contributed by atoms with Gasteiger partial charge in [0.2, 0.25) is 0 Å². The van der Waals surface area contributed by atoms with Gasteiger partial charge >= 0.3 is 0 Å². The highest BCUT2D eigenvalue weighted by molar-refractivity contribution is 5.94. The van der Waals surface area contributed by atoms with E-state index in [4.69, 9.17) is 10.5 Å². The number of methoxy groups -OCH3 is 1. The third-order valence-corrected chi connectivity index (χ3v) is 3.12. The Bertz CT molecular complexity index is 644. The summed E-state index contributed by atoms with van der Waals surface area (Å²) in [6.45, 7) is 0.403. The quantitative estimate of drug-likeness (QED) is 0.886. The minimum absolute atomic E-state index is 0.118. The number of halogens is 1. The summed E-state index contributed by atoms with van der Waals surface area (Å²) in [5, 5.41) is 2.68. The van der Waals surface area contributed by atoms with Crippen LogP contribution in [-0.4, -0.2) is 13.0 Å². The highest BCUT2D eigenvalue weighted by Gasteiger charge is 2.08. The summed E-state index contributed by atoms with van der Waals surface area (Å²) in [6, 6.07) is 11.5. The zero-order chi connectivity index (χ0) is 15.2. The average Bonchev–Trinajstić information content (AvgIpc) is 2.53. The number of nitrogens with two attached hydrogens (primary N) is 1. The molecule has 0 saturated carbocycles. The van der Waals surface area contributed by atoms with Crippen molar-refractivity contribution in [3.8, 4) is 5.75 Å². The highest BCUT2D eigenvalue weighted by atomic mass is 19.1. The van der Waals surface area contributed by atoms with Crippen molar-refractivity contribution in [2.45, 2.75) is 13.1 Å². The standard InChI is InChI=1S/C16H17FN2O2/c1-21-14-4-2-3-12(8-14)16(20)19-10-13-6-5-11(9-18)7-15(13)17/h2-8H,9-10,18H2,1H3,(H,19,20). The SMILES string of the molecule is COc1cccc(C(=O)NCc2ccc(CN)cc2F)c1. The molecule has 0 fully saturated rings. The molecule has 0 bridgehead atoms. The Morgan fingerprint density at radius 3 is 2.76 bits per heavy atom. The van der Waals surface area contributed by atoms with E-state index in [-0.39, 0.29) is 24.8 Å². The molecule has 0 unspecified atom stereocenters. The van der Waals surface area contributed by atoms with Gasteiger partial charge in [0, 0.05) is 24.2 Å². The molecule has 0 aliphatic carbocycles. The normalized spacial score (nSPS) is 10.2. The summed E-state index contributed by atoms with van der Waals surface area (Å²) in [4.78, 5) is 12.0. The van der Waals surface area contributed by atoms with Gasteiger partial charge in [-0.2, -0.15) is 0 Å². The lowest BCUT2D eigenvalue weighted by atomic mass is 10.1. The maximum Gasteiger partial charge on any atom is 0.251 e. The van der Waals surface area contributed by atoms with Crippen LogP contribution in [-0.2, 0) is 13.1 Å². The largest absolute Gasteiger partial charge is 0.497 e. The number of amides is 1. The zero-order valence-corrected chi connectivity index (χ0v) is 11.7.